The van der Waals surface area contributed by atoms with Crippen molar-refractivity contribution in [2.45, 2.75) is 25.9 Å². The molecule has 0 radical (unpaired) electrons. The summed E-state index contributed by atoms with van der Waals surface area (Å²) in [4.78, 5) is 0. The number of nitrogens with zero attached hydrogens (tertiary/aromatic N) is 3. The molecule has 0 aliphatic rings. The van der Waals surface area contributed by atoms with Crippen LogP contribution < -0.4 is 5.32 Å². The third-order valence-corrected chi connectivity index (χ3v) is 3.63. The van der Waals surface area contributed by atoms with Crippen LogP contribution in [0.2, 0.25) is 0 Å². The van der Waals surface area contributed by atoms with Crippen LogP contribution in [0.15, 0.2) is 28.9 Å². The van der Waals surface area contributed by atoms with Crippen LogP contribution in [0.25, 0.3) is 0 Å². The lowest BCUT2D eigenvalue weighted by molar-refractivity contribution is 0.522. The Morgan fingerprint density at radius 3 is 2.89 bits per heavy atom. The molecule has 19 heavy (non-hydrogen) atoms. The van der Waals surface area contributed by atoms with Crippen LogP contribution >= 0.6 is 15.9 Å². The van der Waals surface area contributed by atoms with E-state index in [9.17, 15) is 4.39 Å². The quantitative estimate of drug-likeness (QED) is 0.918. The Kier molecular flexibility index (Phi) is 4.66. The number of halogens is 2. The number of rotatable bonds is 5. The molecule has 1 unspecified atom stereocenters. The van der Waals surface area contributed by atoms with Crippen LogP contribution in [-0.2, 0) is 6.54 Å². The van der Waals surface area contributed by atoms with Crippen molar-refractivity contribution in [2.75, 3.05) is 7.05 Å². The molecule has 2 rings (SSSR count). The minimum atomic E-state index is -0.259. The summed E-state index contributed by atoms with van der Waals surface area (Å²) in [5.41, 5.74) is 1.93. The molecule has 2 aromatic rings. The van der Waals surface area contributed by atoms with Crippen LogP contribution in [0.5, 0.6) is 0 Å². The van der Waals surface area contributed by atoms with Gasteiger partial charge in [0.1, 0.15) is 5.82 Å². The zero-order valence-corrected chi connectivity index (χ0v) is 12.5. The van der Waals surface area contributed by atoms with Crippen molar-refractivity contribution in [3.05, 3.63) is 45.9 Å². The van der Waals surface area contributed by atoms with Gasteiger partial charge in [0.25, 0.3) is 0 Å². The van der Waals surface area contributed by atoms with Crippen molar-refractivity contribution in [3.8, 4) is 0 Å². The summed E-state index contributed by atoms with van der Waals surface area (Å²) in [5.74, 6) is -0.259. The maximum Gasteiger partial charge on any atom is 0.124 e. The molecule has 1 aromatic carbocycles. The van der Waals surface area contributed by atoms with Gasteiger partial charge < -0.3 is 5.32 Å². The minimum absolute atomic E-state index is 0.0727. The van der Waals surface area contributed by atoms with E-state index in [1.165, 1.54) is 12.1 Å². The highest BCUT2D eigenvalue weighted by Crippen LogP contribution is 2.28. The van der Waals surface area contributed by atoms with Crippen LogP contribution in [-0.4, -0.2) is 22.0 Å². The highest BCUT2D eigenvalue weighted by atomic mass is 79.9. The first-order chi connectivity index (χ1) is 9.17. The first-order valence-corrected chi connectivity index (χ1v) is 6.97. The Morgan fingerprint density at radius 1 is 1.47 bits per heavy atom. The van der Waals surface area contributed by atoms with Gasteiger partial charge >= 0.3 is 0 Å². The summed E-state index contributed by atoms with van der Waals surface area (Å²) >= 11 is 3.41. The van der Waals surface area contributed by atoms with Gasteiger partial charge in [-0.25, -0.2) is 9.07 Å². The summed E-state index contributed by atoms with van der Waals surface area (Å²) in [6, 6.07) is 4.62. The predicted molar refractivity (Wildman–Crippen MR) is 75.3 cm³/mol. The normalized spacial score (nSPS) is 12.6. The lowest BCUT2D eigenvalue weighted by Crippen LogP contribution is -2.22. The number of hydrogen-bond donors (Lipinski definition) is 1. The van der Waals surface area contributed by atoms with E-state index in [1.54, 1.807) is 12.3 Å². The van der Waals surface area contributed by atoms with Crippen LogP contribution in [0.4, 0.5) is 4.39 Å². The van der Waals surface area contributed by atoms with E-state index in [4.69, 9.17) is 0 Å². The molecular weight excluding hydrogens is 311 g/mol. The van der Waals surface area contributed by atoms with E-state index in [2.05, 4.69) is 38.5 Å². The van der Waals surface area contributed by atoms with E-state index in [-0.39, 0.29) is 11.9 Å². The van der Waals surface area contributed by atoms with Gasteiger partial charge in [-0.15, -0.1) is 5.10 Å². The highest BCUT2D eigenvalue weighted by Gasteiger charge is 2.19. The Labute approximate surface area is 120 Å². The second-order valence-electron chi connectivity index (χ2n) is 4.27. The Hall–Kier alpha value is -1.27. The van der Waals surface area contributed by atoms with Gasteiger partial charge in [0.2, 0.25) is 0 Å². The van der Waals surface area contributed by atoms with Crippen molar-refractivity contribution in [3.63, 3.8) is 0 Å². The fourth-order valence-corrected chi connectivity index (χ4v) is 2.65. The van der Waals surface area contributed by atoms with Crippen molar-refractivity contribution in [2.24, 2.45) is 0 Å². The molecule has 0 spiro atoms. The predicted octanol–water partition coefficient (Wildman–Crippen LogP) is 2.90. The molecule has 1 atom stereocenters. The number of nitrogens with one attached hydrogen (secondary N) is 1. The summed E-state index contributed by atoms with van der Waals surface area (Å²) in [6.07, 6.45) is 2.73. The molecule has 102 valence electrons. The van der Waals surface area contributed by atoms with E-state index in [1.807, 2.05) is 11.7 Å². The second kappa shape index (κ2) is 6.25. The molecule has 1 heterocycles. The number of aryl methyl sites for hydroxylation is 1. The van der Waals surface area contributed by atoms with E-state index in [0.717, 1.165) is 28.7 Å². The van der Waals surface area contributed by atoms with Crippen molar-refractivity contribution < 1.29 is 4.39 Å². The average Bonchev–Trinajstić information content (AvgIpc) is 2.82. The van der Waals surface area contributed by atoms with Gasteiger partial charge in [0.05, 0.1) is 17.9 Å². The summed E-state index contributed by atoms with van der Waals surface area (Å²) in [6.45, 7) is 2.90. The first kappa shape index (κ1) is 14.1. The van der Waals surface area contributed by atoms with Crippen molar-refractivity contribution >= 4 is 15.9 Å². The maximum atomic E-state index is 13.2. The maximum absolute atomic E-state index is 13.2. The molecule has 0 saturated carbocycles. The van der Waals surface area contributed by atoms with Gasteiger partial charge in [-0.2, -0.15) is 0 Å². The zero-order valence-electron chi connectivity index (χ0n) is 10.9. The standard InChI is InChI=1S/C13H16BrFN4/c1-3-6-19-12(8-17-18-19)13(16-2)10-5-4-9(15)7-11(10)14/h4-5,7-8,13,16H,3,6H2,1-2H3. The summed E-state index contributed by atoms with van der Waals surface area (Å²) < 4.78 is 15.8. The molecule has 6 heteroatoms. The molecule has 0 aliphatic carbocycles. The lowest BCUT2D eigenvalue weighted by atomic mass is 10.0. The topological polar surface area (TPSA) is 42.7 Å². The highest BCUT2D eigenvalue weighted by molar-refractivity contribution is 9.10. The zero-order chi connectivity index (χ0) is 13.8. The third kappa shape index (κ3) is 3.01. The fraction of sp³-hybridized carbons (Fsp3) is 0.385. The van der Waals surface area contributed by atoms with Gasteiger partial charge in [0.15, 0.2) is 0 Å². The van der Waals surface area contributed by atoms with Crippen LogP contribution in [0.3, 0.4) is 0 Å². The van der Waals surface area contributed by atoms with Gasteiger partial charge in [-0.3, -0.25) is 0 Å². The van der Waals surface area contributed by atoms with Crippen LogP contribution in [0.1, 0.15) is 30.6 Å². The summed E-state index contributed by atoms with van der Waals surface area (Å²) in [7, 11) is 1.86. The molecule has 1 N–H and O–H groups in total. The monoisotopic (exact) mass is 326 g/mol. The first-order valence-electron chi connectivity index (χ1n) is 6.18. The largest absolute Gasteiger partial charge is 0.308 e. The molecule has 0 fully saturated rings. The minimum Gasteiger partial charge on any atom is -0.308 e. The molecule has 1 aromatic heterocycles. The Balaban J connectivity index is 2.41. The SMILES string of the molecule is CCCn1nncc1C(NC)c1ccc(F)cc1Br. The van der Waals surface area contributed by atoms with E-state index < -0.39 is 0 Å². The smallest absolute Gasteiger partial charge is 0.124 e. The average molecular weight is 327 g/mol. The molecule has 4 nitrogen and oxygen atoms in total. The molecule has 0 aliphatic heterocycles. The van der Waals surface area contributed by atoms with Crippen molar-refractivity contribution in [1.29, 1.82) is 0 Å². The number of benzene rings is 1. The second-order valence-corrected chi connectivity index (χ2v) is 5.12. The van der Waals surface area contributed by atoms with Crippen LogP contribution in [0, 0.1) is 5.82 Å². The van der Waals surface area contributed by atoms with Gasteiger partial charge in [-0.1, -0.05) is 34.1 Å². The molecule has 0 bridgehead atoms. The van der Waals surface area contributed by atoms with E-state index in [0.29, 0.717) is 0 Å². The molecule has 0 amide bonds. The lowest BCUT2D eigenvalue weighted by Gasteiger charge is -2.19. The van der Waals surface area contributed by atoms with Gasteiger partial charge in [0, 0.05) is 11.0 Å². The Bertz CT molecular complexity index is 555. The molecule has 0 saturated heterocycles. The molecular formula is C13H16BrFN4. The van der Waals surface area contributed by atoms with Gasteiger partial charge in [-0.05, 0) is 31.2 Å². The Morgan fingerprint density at radius 2 is 2.26 bits per heavy atom. The fourth-order valence-electron chi connectivity index (χ4n) is 2.07. The number of hydrogen-bond acceptors (Lipinski definition) is 3. The van der Waals surface area contributed by atoms with Crippen molar-refractivity contribution in [1.82, 2.24) is 20.3 Å². The summed E-state index contributed by atoms with van der Waals surface area (Å²) in [5, 5.41) is 11.3. The van der Waals surface area contributed by atoms with E-state index >= 15 is 0 Å². The third-order valence-electron chi connectivity index (χ3n) is 2.94. The number of aromatic nitrogens is 3.